The monoisotopic (exact) mass is 330 g/mol. The fourth-order valence-corrected chi connectivity index (χ4v) is 2.89. The van der Waals surface area contributed by atoms with Crippen molar-refractivity contribution in [1.29, 1.82) is 0 Å². The number of rotatable bonds is 6. The Bertz CT molecular complexity index is 648. The quantitative estimate of drug-likeness (QED) is 0.810. The second kappa shape index (κ2) is 7.75. The Morgan fingerprint density at radius 3 is 2.79 bits per heavy atom. The molecule has 0 aromatic carbocycles. The lowest BCUT2D eigenvalue weighted by molar-refractivity contribution is 0.124. The Hall–Kier alpha value is -1.95. The van der Waals surface area contributed by atoms with E-state index in [1.807, 2.05) is 19.1 Å². The summed E-state index contributed by atoms with van der Waals surface area (Å²) in [6.45, 7) is 9.73. The van der Waals surface area contributed by atoms with Crippen LogP contribution in [0.5, 0.6) is 5.88 Å². The second-order valence-corrected chi connectivity index (χ2v) is 6.86. The first kappa shape index (κ1) is 16.9. The summed E-state index contributed by atoms with van der Waals surface area (Å²) in [5.41, 5.74) is 1.09. The number of nitrogens with zero attached hydrogens (tertiary/aromatic N) is 4. The van der Waals surface area contributed by atoms with Gasteiger partial charge >= 0.3 is 0 Å². The molecule has 24 heavy (non-hydrogen) atoms. The second-order valence-electron chi connectivity index (χ2n) is 6.86. The van der Waals surface area contributed by atoms with Crippen molar-refractivity contribution >= 4 is 0 Å². The molecule has 0 radical (unpaired) electrons. The van der Waals surface area contributed by atoms with Gasteiger partial charge in [0.2, 0.25) is 11.8 Å². The average Bonchev–Trinajstić information content (AvgIpc) is 3.04. The van der Waals surface area contributed by atoms with E-state index in [9.17, 15) is 0 Å². The van der Waals surface area contributed by atoms with Crippen molar-refractivity contribution in [2.45, 2.75) is 46.1 Å². The zero-order valence-electron chi connectivity index (χ0n) is 14.7. The molecule has 3 heterocycles. The SMILES string of the molecule is Cc1cccnc1OCC1CCN(Cc2nc(C(C)C)no2)CC1. The smallest absolute Gasteiger partial charge is 0.240 e. The predicted molar refractivity (Wildman–Crippen MR) is 90.9 cm³/mol. The molecule has 3 rings (SSSR count). The van der Waals surface area contributed by atoms with Crippen LogP contribution in [0, 0.1) is 12.8 Å². The van der Waals surface area contributed by atoms with E-state index < -0.39 is 0 Å². The van der Waals surface area contributed by atoms with E-state index in [1.165, 1.54) is 0 Å². The van der Waals surface area contributed by atoms with Gasteiger partial charge in [-0.05, 0) is 44.8 Å². The van der Waals surface area contributed by atoms with Gasteiger partial charge in [-0.2, -0.15) is 4.98 Å². The van der Waals surface area contributed by atoms with Gasteiger partial charge in [-0.1, -0.05) is 25.1 Å². The lowest BCUT2D eigenvalue weighted by Crippen LogP contribution is -2.35. The minimum Gasteiger partial charge on any atom is -0.477 e. The fourth-order valence-electron chi connectivity index (χ4n) is 2.89. The third-order valence-corrected chi connectivity index (χ3v) is 4.48. The average molecular weight is 330 g/mol. The molecular formula is C18H26N4O2. The Kier molecular flexibility index (Phi) is 5.45. The van der Waals surface area contributed by atoms with E-state index in [1.54, 1.807) is 6.20 Å². The molecule has 1 saturated heterocycles. The van der Waals surface area contributed by atoms with E-state index in [-0.39, 0.29) is 0 Å². The summed E-state index contributed by atoms with van der Waals surface area (Å²) in [6.07, 6.45) is 4.02. The molecule has 6 nitrogen and oxygen atoms in total. The highest BCUT2D eigenvalue weighted by atomic mass is 16.5. The Morgan fingerprint density at radius 2 is 2.12 bits per heavy atom. The van der Waals surface area contributed by atoms with E-state index in [0.717, 1.165) is 62.2 Å². The molecule has 1 aliphatic rings. The summed E-state index contributed by atoms with van der Waals surface area (Å²) >= 11 is 0. The van der Waals surface area contributed by atoms with Crippen LogP contribution in [0.15, 0.2) is 22.9 Å². The van der Waals surface area contributed by atoms with Crippen LogP contribution in [-0.2, 0) is 6.54 Å². The van der Waals surface area contributed by atoms with Crippen LogP contribution in [0.25, 0.3) is 0 Å². The molecule has 0 N–H and O–H groups in total. The highest BCUT2D eigenvalue weighted by Gasteiger charge is 2.22. The molecule has 0 aliphatic carbocycles. The summed E-state index contributed by atoms with van der Waals surface area (Å²) in [6, 6.07) is 3.96. The number of hydrogen-bond donors (Lipinski definition) is 0. The standard InChI is InChI=1S/C18H26N4O2/c1-13(2)17-20-16(24-21-17)11-22-9-6-15(7-10-22)12-23-18-14(3)5-4-8-19-18/h4-5,8,13,15H,6-7,9-12H2,1-3H3. The number of hydrogen-bond acceptors (Lipinski definition) is 6. The van der Waals surface area contributed by atoms with Crippen LogP contribution in [-0.4, -0.2) is 39.7 Å². The number of piperidine rings is 1. The van der Waals surface area contributed by atoms with Gasteiger partial charge in [-0.3, -0.25) is 4.90 Å². The molecular weight excluding hydrogens is 304 g/mol. The van der Waals surface area contributed by atoms with Crippen LogP contribution >= 0.6 is 0 Å². The van der Waals surface area contributed by atoms with Crippen LogP contribution in [0.4, 0.5) is 0 Å². The van der Waals surface area contributed by atoms with E-state index in [2.05, 4.69) is 33.9 Å². The van der Waals surface area contributed by atoms with E-state index in [4.69, 9.17) is 9.26 Å². The number of aromatic nitrogens is 3. The largest absolute Gasteiger partial charge is 0.477 e. The minimum atomic E-state index is 0.306. The molecule has 0 amide bonds. The molecule has 0 spiro atoms. The zero-order valence-corrected chi connectivity index (χ0v) is 14.7. The maximum Gasteiger partial charge on any atom is 0.240 e. The summed E-state index contributed by atoms with van der Waals surface area (Å²) in [5.74, 6) is 3.15. The molecule has 1 aliphatic heterocycles. The summed E-state index contributed by atoms with van der Waals surface area (Å²) in [4.78, 5) is 11.1. The van der Waals surface area contributed by atoms with Crippen LogP contribution in [0.1, 0.15) is 49.9 Å². The minimum absolute atomic E-state index is 0.306. The third-order valence-electron chi connectivity index (χ3n) is 4.48. The third kappa shape index (κ3) is 4.32. The van der Waals surface area contributed by atoms with Gasteiger partial charge in [-0.25, -0.2) is 4.98 Å². The Morgan fingerprint density at radius 1 is 1.33 bits per heavy atom. The first-order chi connectivity index (χ1) is 11.6. The lowest BCUT2D eigenvalue weighted by atomic mass is 9.98. The predicted octanol–water partition coefficient (Wildman–Crippen LogP) is 3.19. The number of aryl methyl sites for hydroxylation is 1. The van der Waals surface area contributed by atoms with Gasteiger partial charge < -0.3 is 9.26 Å². The van der Waals surface area contributed by atoms with Crippen molar-refractivity contribution in [3.05, 3.63) is 35.6 Å². The molecule has 0 saturated carbocycles. The van der Waals surface area contributed by atoms with Crippen molar-refractivity contribution in [1.82, 2.24) is 20.0 Å². The van der Waals surface area contributed by atoms with Crippen LogP contribution < -0.4 is 4.74 Å². The molecule has 0 atom stereocenters. The highest BCUT2D eigenvalue weighted by molar-refractivity contribution is 5.23. The molecule has 2 aromatic heterocycles. The molecule has 0 bridgehead atoms. The summed E-state index contributed by atoms with van der Waals surface area (Å²) in [5, 5.41) is 4.03. The van der Waals surface area contributed by atoms with Crippen molar-refractivity contribution in [2.24, 2.45) is 5.92 Å². The van der Waals surface area contributed by atoms with Gasteiger partial charge in [0.15, 0.2) is 5.82 Å². The van der Waals surface area contributed by atoms with Crippen molar-refractivity contribution < 1.29 is 9.26 Å². The lowest BCUT2D eigenvalue weighted by Gasteiger charge is -2.30. The van der Waals surface area contributed by atoms with Crippen LogP contribution in [0.2, 0.25) is 0 Å². The number of likely N-dealkylation sites (tertiary alicyclic amines) is 1. The van der Waals surface area contributed by atoms with Gasteiger partial charge in [0.1, 0.15) is 0 Å². The molecule has 6 heteroatoms. The number of ether oxygens (including phenoxy) is 1. The van der Waals surface area contributed by atoms with Gasteiger partial charge in [0.05, 0.1) is 13.2 Å². The molecule has 1 fully saturated rings. The molecule has 0 unspecified atom stereocenters. The number of pyridine rings is 1. The van der Waals surface area contributed by atoms with Gasteiger partial charge in [-0.15, -0.1) is 0 Å². The zero-order chi connectivity index (χ0) is 16.9. The van der Waals surface area contributed by atoms with Crippen molar-refractivity contribution in [3.63, 3.8) is 0 Å². The topological polar surface area (TPSA) is 64.3 Å². The van der Waals surface area contributed by atoms with Crippen LogP contribution in [0.3, 0.4) is 0 Å². The van der Waals surface area contributed by atoms with E-state index >= 15 is 0 Å². The van der Waals surface area contributed by atoms with Gasteiger partial charge in [0.25, 0.3) is 0 Å². The van der Waals surface area contributed by atoms with Crippen molar-refractivity contribution in [2.75, 3.05) is 19.7 Å². The Labute approximate surface area is 143 Å². The Balaban J connectivity index is 1.43. The van der Waals surface area contributed by atoms with Gasteiger partial charge in [0, 0.05) is 17.7 Å². The van der Waals surface area contributed by atoms with E-state index in [0.29, 0.717) is 11.8 Å². The molecule has 130 valence electrons. The molecule has 2 aromatic rings. The normalized spacial score (nSPS) is 16.7. The first-order valence-corrected chi connectivity index (χ1v) is 8.71. The maximum absolute atomic E-state index is 5.89. The summed E-state index contributed by atoms with van der Waals surface area (Å²) < 4.78 is 11.2. The highest BCUT2D eigenvalue weighted by Crippen LogP contribution is 2.21. The fraction of sp³-hybridized carbons (Fsp3) is 0.611. The van der Waals surface area contributed by atoms with Crippen molar-refractivity contribution in [3.8, 4) is 5.88 Å². The first-order valence-electron chi connectivity index (χ1n) is 8.71. The summed E-state index contributed by atoms with van der Waals surface area (Å²) in [7, 11) is 0. The maximum atomic E-state index is 5.89.